The lowest BCUT2D eigenvalue weighted by atomic mass is 10.1. The van der Waals surface area contributed by atoms with Gasteiger partial charge >= 0.3 is 0 Å². The molecule has 1 aliphatic heterocycles. The summed E-state index contributed by atoms with van der Waals surface area (Å²) in [7, 11) is -1.97. The number of hydrogen-bond acceptors (Lipinski definition) is 4. The minimum atomic E-state index is -3.66. The Morgan fingerprint density at radius 1 is 0.969 bits per heavy atom. The van der Waals surface area contributed by atoms with Crippen molar-refractivity contribution in [2.24, 2.45) is 7.05 Å². The molecule has 9 heteroatoms. The molecular formula is C23H22Cl2N2O4S. The lowest BCUT2D eigenvalue weighted by molar-refractivity contribution is 0.214. The van der Waals surface area contributed by atoms with Crippen LogP contribution >= 0.6 is 23.2 Å². The molecule has 168 valence electrons. The molecule has 0 saturated carbocycles. The summed E-state index contributed by atoms with van der Waals surface area (Å²) in [5, 5.41) is 0.905. The molecule has 6 nitrogen and oxygen atoms in total. The molecule has 0 radical (unpaired) electrons. The highest BCUT2D eigenvalue weighted by Gasteiger charge is 2.33. The molecule has 0 aliphatic carbocycles. The zero-order valence-electron chi connectivity index (χ0n) is 17.6. The van der Waals surface area contributed by atoms with Crippen molar-refractivity contribution in [3.05, 3.63) is 80.7 Å². The molecule has 1 atom stereocenters. The summed E-state index contributed by atoms with van der Waals surface area (Å²) >= 11 is 12.1. The van der Waals surface area contributed by atoms with E-state index in [0.29, 0.717) is 28.8 Å². The Morgan fingerprint density at radius 2 is 1.66 bits per heavy atom. The Kier molecular flexibility index (Phi) is 6.36. The summed E-state index contributed by atoms with van der Waals surface area (Å²) in [6.45, 7) is 2.40. The smallest absolute Gasteiger partial charge is 0.254 e. The van der Waals surface area contributed by atoms with E-state index >= 15 is 0 Å². The second-order valence-electron chi connectivity index (χ2n) is 7.77. The molecule has 32 heavy (non-hydrogen) atoms. The highest BCUT2D eigenvalue weighted by atomic mass is 35.5. The van der Waals surface area contributed by atoms with Gasteiger partial charge in [-0.05, 0) is 54.8 Å². The maximum absolute atomic E-state index is 13.1. The molecule has 0 N–H and O–H groups in total. The van der Waals surface area contributed by atoms with Gasteiger partial charge < -0.3 is 9.30 Å². The van der Waals surface area contributed by atoms with E-state index in [1.807, 2.05) is 13.0 Å². The molecule has 1 fully saturated rings. The molecule has 3 aromatic rings. The van der Waals surface area contributed by atoms with Crippen molar-refractivity contribution in [3.8, 4) is 16.9 Å². The molecule has 1 saturated heterocycles. The predicted octanol–water partition coefficient (Wildman–Crippen LogP) is 4.51. The number of rotatable bonds is 5. The van der Waals surface area contributed by atoms with Gasteiger partial charge in [-0.25, -0.2) is 8.42 Å². The number of ether oxygens (including phenoxy) is 1. The first-order valence-electron chi connectivity index (χ1n) is 10.0. The van der Waals surface area contributed by atoms with E-state index in [2.05, 4.69) is 0 Å². The van der Waals surface area contributed by atoms with Gasteiger partial charge in [0.15, 0.2) is 0 Å². The van der Waals surface area contributed by atoms with E-state index < -0.39 is 10.0 Å². The molecule has 0 amide bonds. The predicted molar refractivity (Wildman–Crippen MR) is 126 cm³/mol. The summed E-state index contributed by atoms with van der Waals surface area (Å²) in [6, 6.07) is 15.2. The van der Waals surface area contributed by atoms with Gasteiger partial charge in [-0.3, -0.25) is 4.79 Å². The van der Waals surface area contributed by atoms with Crippen LogP contribution in [0.5, 0.6) is 5.75 Å². The van der Waals surface area contributed by atoms with E-state index in [4.69, 9.17) is 27.9 Å². The fraction of sp³-hybridized carbons (Fsp3) is 0.261. The molecule has 2 heterocycles. The molecule has 4 rings (SSSR count). The topological polar surface area (TPSA) is 68.6 Å². The second-order valence-corrected chi connectivity index (χ2v) is 10.5. The normalized spacial score (nSPS) is 16.9. The highest BCUT2D eigenvalue weighted by Crippen LogP contribution is 2.30. The zero-order valence-corrected chi connectivity index (χ0v) is 19.9. The number of sulfonamides is 1. The maximum atomic E-state index is 13.1. The van der Waals surface area contributed by atoms with Gasteiger partial charge in [0.2, 0.25) is 10.0 Å². The molecule has 1 unspecified atom stereocenters. The van der Waals surface area contributed by atoms with E-state index in [0.717, 1.165) is 16.8 Å². The van der Waals surface area contributed by atoms with Gasteiger partial charge in [-0.1, -0.05) is 41.4 Å². The zero-order chi connectivity index (χ0) is 23.0. The van der Waals surface area contributed by atoms with Crippen LogP contribution in [0.15, 0.2) is 64.3 Å². The maximum Gasteiger partial charge on any atom is 0.254 e. The Morgan fingerprint density at radius 3 is 2.31 bits per heavy atom. The summed E-state index contributed by atoms with van der Waals surface area (Å²) < 4.78 is 35.1. The van der Waals surface area contributed by atoms with Gasteiger partial charge in [-0.2, -0.15) is 4.31 Å². The van der Waals surface area contributed by atoms with E-state index in [-0.39, 0.29) is 23.1 Å². The number of aromatic nitrogens is 1. The molecule has 0 spiro atoms. The van der Waals surface area contributed by atoms with Crippen LogP contribution in [-0.2, 0) is 17.1 Å². The Hall–Kier alpha value is -2.32. The standard InChI is InChI=1S/C23H22Cl2N2O4S/c1-15-11-19(13-23(28)26(15)2)31-18-9-10-27(14-18)32(29,30)20-6-3-16(4-7-20)17-5-8-21(24)22(25)12-17/h3-8,11-13,18H,9-10,14H2,1-2H3. The van der Waals surface area contributed by atoms with Crippen LogP contribution in [0.2, 0.25) is 10.0 Å². The van der Waals surface area contributed by atoms with Crippen LogP contribution in [0.1, 0.15) is 12.1 Å². The van der Waals surface area contributed by atoms with Crippen LogP contribution in [0.25, 0.3) is 11.1 Å². The van der Waals surface area contributed by atoms with Crippen LogP contribution in [0.4, 0.5) is 0 Å². The second kappa shape index (κ2) is 8.90. The quantitative estimate of drug-likeness (QED) is 0.525. The Labute approximate surface area is 197 Å². The summed E-state index contributed by atoms with van der Waals surface area (Å²) in [5.74, 6) is 0.459. The highest BCUT2D eigenvalue weighted by molar-refractivity contribution is 7.89. The fourth-order valence-corrected chi connectivity index (χ4v) is 5.44. The third-order valence-corrected chi connectivity index (χ3v) is 8.25. The summed E-state index contributed by atoms with van der Waals surface area (Å²) in [5.41, 5.74) is 2.30. The monoisotopic (exact) mass is 492 g/mol. The van der Waals surface area contributed by atoms with Crippen molar-refractivity contribution in [1.82, 2.24) is 8.87 Å². The lowest BCUT2D eigenvalue weighted by Crippen LogP contribution is -2.31. The fourth-order valence-electron chi connectivity index (χ4n) is 3.65. The average Bonchev–Trinajstić information content (AvgIpc) is 3.23. The first kappa shape index (κ1) is 22.9. The SMILES string of the molecule is Cc1cc(OC2CCN(S(=O)(=O)c3ccc(-c4ccc(Cl)c(Cl)c4)cc3)C2)cc(=O)n1C. The molecular weight excluding hydrogens is 471 g/mol. The van der Waals surface area contributed by atoms with Crippen LogP contribution in [0, 0.1) is 6.92 Å². The number of benzene rings is 2. The Balaban J connectivity index is 1.48. The van der Waals surface area contributed by atoms with Crippen molar-refractivity contribution >= 4 is 33.2 Å². The van der Waals surface area contributed by atoms with Gasteiger partial charge in [0.25, 0.3) is 5.56 Å². The van der Waals surface area contributed by atoms with Gasteiger partial charge in [0.05, 0.1) is 21.5 Å². The van der Waals surface area contributed by atoms with E-state index in [9.17, 15) is 13.2 Å². The van der Waals surface area contributed by atoms with Crippen molar-refractivity contribution in [2.75, 3.05) is 13.1 Å². The van der Waals surface area contributed by atoms with Crippen molar-refractivity contribution in [2.45, 2.75) is 24.3 Å². The largest absolute Gasteiger partial charge is 0.489 e. The molecule has 1 aliphatic rings. The molecule has 1 aromatic heterocycles. The van der Waals surface area contributed by atoms with Crippen molar-refractivity contribution in [3.63, 3.8) is 0 Å². The molecule has 0 bridgehead atoms. The summed E-state index contributed by atoms with van der Waals surface area (Å²) in [6.07, 6.45) is 0.237. The summed E-state index contributed by atoms with van der Waals surface area (Å²) in [4.78, 5) is 12.2. The van der Waals surface area contributed by atoms with Crippen molar-refractivity contribution in [1.29, 1.82) is 0 Å². The van der Waals surface area contributed by atoms with E-state index in [1.54, 1.807) is 49.5 Å². The third-order valence-electron chi connectivity index (χ3n) is 5.63. The minimum Gasteiger partial charge on any atom is -0.489 e. The number of nitrogens with zero attached hydrogens (tertiary/aromatic N) is 2. The van der Waals surface area contributed by atoms with Crippen LogP contribution in [0.3, 0.4) is 0 Å². The van der Waals surface area contributed by atoms with Gasteiger partial charge in [0, 0.05) is 25.4 Å². The average molecular weight is 493 g/mol. The number of aryl methyl sites for hydroxylation is 1. The van der Waals surface area contributed by atoms with Gasteiger partial charge in [-0.15, -0.1) is 0 Å². The van der Waals surface area contributed by atoms with E-state index in [1.165, 1.54) is 14.9 Å². The number of halogens is 2. The number of pyridine rings is 1. The lowest BCUT2D eigenvalue weighted by Gasteiger charge is -2.18. The Bertz CT molecular complexity index is 1320. The molecule has 2 aromatic carbocycles. The van der Waals surface area contributed by atoms with Crippen molar-refractivity contribution < 1.29 is 13.2 Å². The van der Waals surface area contributed by atoms with Crippen LogP contribution < -0.4 is 10.3 Å². The minimum absolute atomic E-state index is 0.162. The number of hydrogen-bond donors (Lipinski definition) is 0. The first-order chi connectivity index (χ1) is 15.1. The van der Waals surface area contributed by atoms with Crippen LogP contribution in [-0.4, -0.2) is 36.5 Å². The third kappa shape index (κ3) is 4.57. The first-order valence-corrected chi connectivity index (χ1v) is 12.2. The van der Waals surface area contributed by atoms with Gasteiger partial charge in [0.1, 0.15) is 11.9 Å².